The van der Waals surface area contributed by atoms with Gasteiger partial charge in [-0.3, -0.25) is 4.79 Å². The third kappa shape index (κ3) is 8.23. The fraction of sp³-hybridized carbons (Fsp3) is 0.233. The average molecular weight is 589 g/mol. The number of carbonyl (C=O) groups is 2. The van der Waals surface area contributed by atoms with E-state index in [-0.39, 0.29) is 18.9 Å². The van der Waals surface area contributed by atoms with Gasteiger partial charge in [0.1, 0.15) is 11.0 Å². The Labute approximate surface area is 259 Å². The molecular weight excluding hydrogens is 559 g/mol. The van der Waals surface area contributed by atoms with Gasteiger partial charge < -0.3 is 15.2 Å². The third-order valence-electron chi connectivity index (χ3n) is 6.15. The number of carbonyl (C=O) groups excluding carboxylic acids is 1. The first kappa shape index (κ1) is 31.9. The number of aliphatic carboxylic acids is 1. The quantitative estimate of drug-likeness (QED) is 0.185. The predicted octanol–water partition coefficient (Wildman–Crippen LogP) is 6.44. The molecule has 1 unspecified atom stereocenters. The molecule has 2 N–H and O–H groups in total. The Morgan fingerprint density at radius 2 is 1.77 bits per heavy atom. The summed E-state index contributed by atoms with van der Waals surface area (Å²) in [6.45, 7) is 2.71. The molecule has 0 aliphatic rings. The molecule has 4 aromatic rings. The topological polar surface area (TPSA) is 88.5 Å². The van der Waals surface area contributed by atoms with Crippen LogP contribution in [0.5, 0.6) is 0 Å². The van der Waals surface area contributed by atoms with Gasteiger partial charge in [0.05, 0.1) is 23.1 Å². The SMILES string of the molecule is CSCCC(NC(=O)c1ccc(COCc2cnc(-c3ccccc3Cl)s2)cc1-c1ccccc1C)C(=O)O.[LiH]. The monoisotopic (exact) mass is 588 g/mol. The molecule has 1 aromatic heterocycles. The molecular formula is C30H30ClLiN2O4S2. The maximum absolute atomic E-state index is 13.3. The van der Waals surface area contributed by atoms with Gasteiger partial charge in [-0.15, -0.1) is 11.3 Å². The first-order valence-electron chi connectivity index (χ1n) is 12.4. The van der Waals surface area contributed by atoms with Gasteiger partial charge in [0.2, 0.25) is 0 Å². The van der Waals surface area contributed by atoms with Crippen molar-refractivity contribution < 1.29 is 19.4 Å². The summed E-state index contributed by atoms with van der Waals surface area (Å²) < 4.78 is 6.00. The Morgan fingerprint density at radius 3 is 2.48 bits per heavy atom. The van der Waals surface area contributed by atoms with Gasteiger partial charge in [-0.05, 0) is 65.8 Å². The number of thiazole rings is 1. The molecule has 40 heavy (non-hydrogen) atoms. The summed E-state index contributed by atoms with van der Waals surface area (Å²) in [6, 6.07) is 20.0. The number of thioether (sulfide) groups is 1. The number of hydrogen-bond acceptors (Lipinski definition) is 6. The Morgan fingerprint density at radius 1 is 1.05 bits per heavy atom. The minimum absolute atomic E-state index is 0. The Balaban J connectivity index is 0.00000441. The van der Waals surface area contributed by atoms with Crippen molar-refractivity contribution in [1.29, 1.82) is 0 Å². The number of amides is 1. The van der Waals surface area contributed by atoms with Crippen molar-refractivity contribution in [2.75, 3.05) is 12.0 Å². The van der Waals surface area contributed by atoms with Gasteiger partial charge in [0, 0.05) is 17.3 Å². The Bertz CT molecular complexity index is 1460. The molecule has 204 valence electrons. The zero-order chi connectivity index (χ0) is 27.8. The Hall–Kier alpha value is -2.57. The van der Waals surface area contributed by atoms with Gasteiger partial charge in [-0.25, -0.2) is 9.78 Å². The second-order valence-corrected chi connectivity index (χ2v) is 11.5. The van der Waals surface area contributed by atoms with Crippen LogP contribution in [0, 0.1) is 6.92 Å². The zero-order valence-corrected chi connectivity index (χ0v) is 24.0. The van der Waals surface area contributed by atoms with Crippen molar-refractivity contribution >= 4 is 65.4 Å². The number of ether oxygens (including phenoxy) is 1. The van der Waals surface area contributed by atoms with Crippen LogP contribution in [0.25, 0.3) is 21.7 Å². The molecule has 3 aromatic carbocycles. The number of aromatic nitrogens is 1. The second kappa shape index (κ2) is 15.4. The van der Waals surface area contributed by atoms with E-state index < -0.39 is 17.9 Å². The van der Waals surface area contributed by atoms with Crippen molar-refractivity contribution in [3.63, 3.8) is 0 Å². The standard InChI is InChI=1S/C30H29ClN2O4S2.Li.H/c1-19-7-3-4-8-22(19)25-15-20(11-12-23(25)28(34)33-27(30(35)36)13-14-38-2)17-37-18-21-16-32-29(39-21)24-9-5-6-10-26(24)31;;/h3-12,15-16,27H,13-14,17-18H2,1-2H3,(H,33,34)(H,35,36);;. The molecule has 0 bridgehead atoms. The first-order chi connectivity index (χ1) is 18.9. The summed E-state index contributed by atoms with van der Waals surface area (Å²) in [4.78, 5) is 30.4. The molecule has 0 aliphatic carbocycles. The molecule has 0 saturated heterocycles. The molecule has 4 rings (SSSR count). The fourth-order valence-corrected chi connectivity index (χ4v) is 5.75. The number of rotatable bonds is 12. The van der Waals surface area contributed by atoms with E-state index in [1.54, 1.807) is 24.0 Å². The van der Waals surface area contributed by atoms with Gasteiger partial charge in [-0.1, -0.05) is 60.1 Å². The molecule has 1 atom stereocenters. The van der Waals surface area contributed by atoms with Crippen molar-refractivity contribution in [3.05, 3.63) is 99.5 Å². The molecule has 10 heteroatoms. The van der Waals surface area contributed by atoms with E-state index in [0.29, 0.717) is 36.0 Å². The Kier molecular flexibility index (Phi) is 12.3. The van der Waals surface area contributed by atoms with Crippen molar-refractivity contribution in [2.45, 2.75) is 32.6 Å². The molecule has 6 nitrogen and oxygen atoms in total. The van der Waals surface area contributed by atoms with Crippen molar-refractivity contribution in [2.24, 2.45) is 0 Å². The summed E-state index contributed by atoms with van der Waals surface area (Å²) in [5.41, 5.74) is 4.88. The molecule has 1 heterocycles. The predicted molar refractivity (Wildman–Crippen MR) is 167 cm³/mol. The van der Waals surface area contributed by atoms with Gasteiger partial charge >= 0.3 is 24.8 Å². The van der Waals surface area contributed by atoms with Crippen LogP contribution >= 0.6 is 34.7 Å². The maximum atomic E-state index is 13.3. The van der Waals surface area contributed by atoms with E-state index >= 15 is 0 Å². The van der Waals surface area contributed by atoms with Crippen molar-refractivity contribution in [1.82, 2.24) is 10.3 Å². The minimum atomic E-state index is -1.04. The summed E-state index contributed by atoms with van der Waals surface area (Å²) in [6.07, 6.45) is 4.06. The van der Waals surface area contributed by atoms with E-state index in [2.05, 4.69) is 10.3 Å². The normalized spacial score (nSPS) is 11.5. The number of halogens is 1. The number of hydrogen-bond donors (Lipinski definition) is 2. The van der Waals surface area contributed by atoms with Crippen LogP contribution in [-0.2, 0) is 22.7 Å². The van der Waals surface area contributed by atoms with Crippen LogP contribution < -0.4 is 5.32 Å². The van der Waals surface area contributed by atoms with Crippen LogP contribution in [0.2, 0.25) is 5.02 Å². The molecule has 0 radical (unpaired) electrons. The molecule has 0 saturated carbocycles. The second-order valence-electron chi connectivity index (χ2n) is 8.94. The van der Waals surface area contributed by atoms with Crippen LogP contribution in [0.3, 0.4) is 0 Å². The van der Waals surface area contributed by atoms with Gasteiger partial charge in [0.15, 0.2) is 0 Å². The first-order valence-corrected chi connectivity index (χ1v) is 14.9. The third-order valence-corrected chi connectivity index (χ3v) is 8.13. The van der Waals surface area contributed by atoms with E-state index in [9.17, 15) is 14.7 Å². The van der Waals surface area contributed by atoms with E-state index in [4.69, 9.17) is 16.3 Å². The number of nitrogens with zero attached hydrogens (tertiary/aromatic N) is 1. The molecule has 0 fully saturated rings. The van der Waals surface area contributed by atoms with E-state index in [0.717, 1.165) is 37.7 Å². The fourth-order valence-electron chi connectivity index (χ4n) is 4.11. The number of aryl methyl sites for hydroxylation is 1. The summed E-state index contributed by atoms with van der Waals surface area (Å²) in [7, 11) is 0. The molecule has 0 spiro atoms. The molecule has 1 amide bonds. The van der Waals surface area contributed by atoms with E-state index in [1.165, 1.54) is 11.3 Å². The van der Waals surface area contributed by atoms with Gasteiger partial charge in [0.25, 0.3) is 5.91 Å². The van der Waals surface area contributed by atoms with Crippen LogP contribution in [0.15, 0.2) is 72.9 Å². The molecule has 0 aliphatic heterocycles. The number of benzene rings is 3. The van der Waals surface area contributed by atoms with Gasteiger partial charge in [-0.2, -0.15) is 11.8 Å². The zero-order valence-electron chi connectivity index (χ0n) is 21.6. The van der Waals surface area contributed by atoms with E-state index in [1.807, 2.05) is 73.8 Å². The van der Waals surface area contributed by atoms with Crippen LogP contribution in [0.1, 0.15) is 32.8 Å². The van der Waals surface area contributed by atoms with Crippen molar-refractivity contribution in [3.8, 4) is 21.7 Å². The number of nitrogens with one attached hydrogen (secondary N) is 1. The summed E-state index contributed by atoms with van der Waals surface area (Å²) in [5.74, 6) is -0.815. The number of carboxylic acids is 1. The number of carboxylic acid groups (broad SMARTS) is 1. The summed E-state index contributed by atoms with van der Waals surface area (Å²) in [5, 5.41) is 13.8. The van der Waals surface area contributed by atoms with Crippen LogP contribution in [-0.4, -0.2) is 58.9 Å². The van der Waals surface area contributed by atoms with Crippen LogP contribution in [0.4, 0.5) is 0 Å². The average Bonchev–Trinajstić information content (AvgIpc) is 3.40. The summed E-state index contributed by atoms with van der Waals surface area (Å²) >= 11 is 9.38.